The van der Waals surface area contributed by atoms with Crippen molar-refractivity contribution in [2.45, 2.75) is 13.3 Å². The van der Waals surface area contributed by atoms with Crippen molar-refractivity contribution in [1.82, 2.24) is 0 Å². The van der Waals surface area contributed by atoms with Gasteiger partial charge in [0, 0.05) is 5.02 Å². The molecule has 1 N–H and O–H groups in total. The summed E-state index contributed by atoms with van der Waals surface area (Å²) in [6.45, 7) is 1.97. The smallest absolute Gasteiger partial charge is 0.336 e. The maximum Gasteiger partial charge on any atom is 0.336 e. The van der Waals surface area contributed by atoms with Gasteiger partial charge < -0.3 is 9.84 Å². The van der Waals surface area contributed by atoms with Crippen LogP contribution in [0.25, 0.3) is 11.6 Å². The molecule has 3 nitrogen and oxygen atoms in total. The summed E-state index contributed by atoms with van der Waals surface area (Å²) in [6.07, 6.45) is 2.44. The number of hydrogen-bond acceptors (Lipinski definition) is 2. The van der Waals surface area contributed by atoms with Crippen molar-refractivity contribution in [3.63, 3.8) is 0 Å². The Morgan fingerprint density at radius 3 is 2.54 bits per heavy atom. The van der Waals surface area contributed by atoms with Gasteiger partial charge in [-0.25, -0.2) is 4.79 Å². The number of ether oxygens (including phenoxy) is 1. The van der Waals surface area contributed by atoms with Crippen LogP contribution in [0.5, 0.6) is 5.75 Å². The van der Waals surface area contributed by atoms with E-state index >= 15 is 0 Å². The highest BCUT2D eigenvalue weighted by Gasteiger charge is 2.25. The molecule has 0 spiro atoms. The van der Waals surface area contributed by atoms with E-state index in [0.717, 1.165) is 40.0 Å². The van der Waals surface area contributed by atoms with Crippen LogP contribution in [0.1, 0.15) is 23.6 Å². The molecule has 0 aliphatic heterocycles. The topological polar surface area (TPSA) is 46.5 Å². The first kappa shape index (κ1) is 16.3. The van der Waals surface area contributed by atoms with Crippen molar-refractivity contribution in [3.8, 4) is 5.75 Å². The number of allylic oxidation sites excluding steroid dienone is 1. The third-order valence-corrected chi connectivity index (χ3v) is 4.40. The van der Waals surface area contributed by atoms with Gasteiger partial charge in [0.2, 0.25) is 0 Å². The zero-order valence-corrected chi connectivity index (χ0v) is 14.2. The number of aliphatic carboxylic acids is 1. The molecule has 0 heterocycles. The Balaban J connectivity index is 2.12. The molecule has 122 valence electrons. The molecule has 1 aliphatic carbocycles. The molecular weight excluding hydrogens is 324 g/mol. The molecule has 1 aliphatic rings. The molecule has 0 saturated heterocycles. The van der Waals surface area contributed by atoms with E-state index in [1.165, 1.54) is 0 Å². The van der Waals surface area contributed by atoms with Crippen molar-refractivity contribution >= 4 is 29.2 Å². The largest absolute Gasteiger partial charge is 0.497 e. The van der Waals surface area contributed by atoms with Crippen molar-refractivity contribution in [1.29, 1.82) is 0 Å². The quantitative estimate of drug-likeness (QED) is 0.809. The Hall–Kier alpha value is -2.52. The second-order valence-electron chi connectivity index (χ2n) is 5.77. The van der Waals surface area contributed by atoms with Crippen LogP contribution in [-0.2, 0) is 11.2 Å². The molecule has 0 bridgehead atoms. The summed E-state index contributed by atoms with van der Waals surface area (Å²) in [6, 6.07) is 12.9. The van der Waals surface area contributed by atoms with Gasteiger partial charge in [0.05, 0.1) is 12.7 Å². The van der Waals surface area contributed by atoms with Gasteiger partial charge in [-0.3, -0.25) is 0 Å². The number of carboxylic acids is 1. The van der Waals surface area contributed by atoms with Crippen molar-refractivity contribution in [2.75, 3.05) is 7.11 Å². The maximum atomic E-state index is 11.9. The molecule has 24 heavy (non-hydrogen) atoms. The molecule has 0 unspecified atom stereocenters. The lowest BCUT2D eigenvalue weighted by Gasteiger charge is -2.10. The van der Waals surface area contributed by atoms with Crippen molar-refractivity contribution < 1.29 is 14.6 Å². The fraction of sp³-hybridized carbons (Fsp3) is 0.150. The Morgan fingerprint density at radius 1 is 1.21 bits per heavy atom. The van der Waals surface area contributed by atoms with E-state index in [0.29, 0.717) is 5.02 Å². The minimum Gasteiger partial charge on any atom is -0.497 e. The second-order valence-corrected chi connectivity index (χ2v) is 6.21. The Bertz CT molecular complexity index is 861. The molecule has 4 heteroatoms. The Kier molecular flexibility index (Phi) is 4.45. The normalized spacial score (nSPS) is 13.9. The highest BCUT2D eigenvalue weighted by Crippen LogP contribution is 2.40. The number of hydrogen-bond donors (Lipinski definition) is 1. The van der Waals surface area contributed by atoms with Crippen LogP contribution in [0.4, 0.5) is 0 Å². The fourth-order valence-corrected chi connectivity index (χ4v) is 3.14. The minimum absolute atomic E-state index is 0.279. The molecular formula is C20H17ClO3. The van der Waals surface area contributed by atoms with Gasteiger partial charge in [-0.05, 0) is 65.9 Å². The third kappa shape index (κ3) is 3.08. The van der Waals surface area contributed by atoms with E-state index in [1.54, 1.807) is 25.3 Å². The number of carboxylic acid groups (broad SMARTS) is 1. The van der Waals surface area contributed by atoms with Gasteiger partial charge >= 0.3 is 5.97 Å². The number of rotatable bonds is 4. The average Bonchev–Trinajstić information content (AvgIpc) is 2.89. The Morgan fingerprint density at radius 2 is 1.92 bits per heavy atom. The van der Waals surface area contributed by atoms with E-state index < -0.39 is 5.97 Å². The van der Waals surface area contributed by atoms with Gasteiger partial charge in [-0.15, -0.1) is 0 Å². The number of halogens is 1. The zero-order chi connectivity index (χ0) is 17.3. The van der Waals surface area contributed by atoms with Gasteiger partial charge in [0.25, 0.3) is 0 Å². The summed E-state index contributed by atoms with van der Waals surface area (Å²) < 4.78 is 5.29. The van der Waals surface area contributed by atoms with E-state index in [-0.39, 0.29) is 5.57 Å². The third-order valence-electron chi connectivity index (χ3n) is 4.15. The molecule has 0 radical (unpaired) electrons. The predicted molar refractivity (Wildman–Crippen MR) is 96.4 cm³/mol. The predicted octanol–water partition coefficient (Wildman–Crippen LogP) is 4.85. The van der Waals surface area contributed by atoms with Crippen LogP contribution in [0.2, 0.25) is 5.02 Å². The SMILES string of the molecule is COc1ccc2c(c1)C(C(=Cc1ccc(Cl)cc1)C(=O)O)=C(C)C2. The van der Waals surface area contributed by atoms with E-state index in [1.807, 2.05) is 37.3 Å². The molecule has 0 fully saturated rings. The summed E-state index contributed by atoms with van der Waals surface area (Å²) in [4.78, 5) is 11.9. The highest BCUT2D eigenvalue weighted by molar-refractivity contribution is 6.30. The molecule has 2 aromatic carbocycles. The summed E-state index contributed by atoms with van der Waals surface area (Å²) in [5.41, 5.74) is 4.93. The van der Waals surface area contributed by atoms with Gasteiger partial charge in [-0.2, -0.15) is 0 Å². The lowest BCUT2D eigenvalue weighted by Crippen LogP contribution is -2.03. The number of carbonyl (C=O) groups is 1. The standard InChI is InChI=1S/C20H17ClO3/c1-12-9-14-5-8-16(24-2)11-17(14)19(12)18(20(22)23)10-13-3-6-15(21)7-4-13/h3-8,10-11H,9H2,1-2H3,(H,22,23). The van der Waals surface area contributed by atoms with Crippen LogP contribution >= 0.6 is 11.6 Å². The zero-order valence-electron chi connectivity index (χ0n) is 13.5. The maximum absolute atomic E-state index is 11.9. The van der Waals surface area contributed by atoms with Crippen LogP contribution in [-0.4, -0.2) is 18.2 Å². The first-order valence-corrected chi connectivity index (χ1v) is 7.95. The van der Waals surface area contributed by atoms with Crippen LogP contribution in [0.3, 0.4) is 0 Å². The van der Waals surface area contributed by atoms with Crippen LogP contribution in [0.15, 0.2) is 53.6 Å². The molecule has 0 amide bonds. The van der Waals surface area contributed by atoms with E-state index in [9.17, 15) is 9.90 Å². The molecule has 3 rings (SSSR count). The first-order valence-electron chi connectivity index (χ1n) is 7.57. The summed E-state index contributed by atoms with van der Waals surface area (Å²) in [5.74, 6) is -0.229. The fourth-order valence-electron chi connectivity index (χ4n) is 3.01. The first-order chi connectivity index (χ1) is 11.5. The minimum atomic E-state index is -0.949. The molecule has 0 atom stereocenters. The number of methoxy groups -OCH3 is 1. The van der Waals surface area contributed by atoms with Gasteiger partial charge in [0.15, 0.2) is 0 Å². The monoisotopic (exact) mass is 340 g/mol. The molecule has 2 aromatic rings. The van der Waals surface area contributed by atoms with Gasteiger partial charge in [-0.1, -0.05) is 35.4 Å². The Labute approximate surface area is 145 Å². The summed E-state index contributed by atoms with van der Waals surface area (Å²) >= 11 is 5.90. The van der Waals surface area contributed by atoms with E-state index in [4.69, 9.17) is 16.3 Å². The number of benzene rings is 2. The van der Waals surface area contributed by atoms with E-state index in [2.05, 4.69) is 0 Å². The lowest BCUT2D eigenvalue weighted by atomic mass is 9.95. The molecule has 0 aromatic heterocycles. The highest BCUT2D eigenvalue weighted by atomic mass is 35.5. The van der Waals surface area contributed by atoms with Crippen LogP contribution < -0.4 is 4.74 Å². The van der Waals surface area contributed by atoms with Crippen molar-refractivity contribution in [3.05, 3.63) is 75.3 Å². The summed E-state index contributed by atoms with van der Waals surface area (Å²) in [5, 5.41) is 10.4. The van der Waals surface area contributed by atoms with Gasteiger partial charge in [0.1, 0.15) is 5.75 Å². The van der Waals surface area contributed by atoms with Crippen LogP contribution in [0, 0.1) is 0 Å². The number of fused-ring (bicyclic) bond motifs is 1. The summed E-state index contributed by atoms with van der Waals surface area (Å²) in [7, 11) is 1.61. The molecule has 0 saturated carbocycles. The lowest BCUT2D eigenvalue weighted by molar-refractivity contribution is -0.132. The van der Waals surface area contributed by atoms with Crippen molar-refractivity contribution in [2.24, 2.45) is 0 Å². The average molecular weight is 341 g/mol. The second kappa shape index (κ2) is 6.54.